The Morgan fingerprint density at radius 1 is 1.50 bits per heavy atom. The fourth-order valence-corrected chi connectivity index (χ4v) is 1.89. The lowest BCUT2D eigenvalue weighted by atomic mass is 10.2. The number of hydrogen-bond donors (Lipinski definition) is 0. The molecule has 106 valence electrons. The average molecular weight is 297 g/mol. The van der Waals surface area contributed by atoms with E-state index in [0.717, 1.165) is 5.56 Å². The first kappa shape index (κ1) is 14.5. The quantitative estimate of drug-likeness (QED) is 0.868. The molecule has 20 heavy (non-hydrogen) atoms. The number of nitrogens with zero attached hydrogens (tertiary/aromatic N) is 4. The van der Waals surface area contributed by atoms with Gasteiger partial charge in [0, 0.05) is 19.0 Å². The summed E-state index contributed by atoms with van der Waals surface area (Å²) in [5.41, 5.74) is 1.44. The Morgan fingerprint density at radius 3 is 2.90 bits per heavy atom. The SMILES string of the molecule is CC(=O)N(C)Cc1cn(Cc2ccc(F)cc2Cl)nn1. The number of halogens is 2. The second kappa shape index (κ2) is 6.00. The molecule has 0 unspecified atom stereocenters. The number of amides is 1. The van der Waals surface area contributed by atoms with E-state index in [-0.39, 0.29) is 11.7 Å². The highest BCUT2D eigenvalue weighted by Gasteiger charge is 2.08. The van der Waals surface area contributed by atoms with Gasteiger partial charge in [0.2, 0.25) is 5.91 Å². The molecule has 0 fully saturated rings. The van der Waals surface area contributed by atoms with Crippen molar-refractivity contribution in [3.63, 3.8) is 0 Å². The third-order valence-electron chi connectivity index (χ3n) is 2.87. The number of rotatable bonds is 4. The van der Waals surface area contributed by atoms with E-state index in [4.69, 9.17) is 11.6 Å². The molecular formula is C13H14ClFN4O. The average Bonchev–Trinajstić information content (AvgIpc) is 2.80. The lowest BCUT2D eigenvalue weighted by molar-refractivity contribution is -0.128. The van der Waals surface area contributed by atoms with Crippen molar-refractivity contribution in [2.75, 3.05) is 7.05 Å². The highest BCUT2D eigenvalue weighted by Crippen LogP contribution is 2.18. The summed E-state index contributed by atoms with van der Waals surface area (Å²) in [4.78, 5) is 12.7. The van der Waals surface area contributed by atoms with Gasteiger partial charge in [-0.15, -0.1) is 5.10 Å². The van der Waals surface area contributed by atoms with E-state index in [0.29, 0.717) is 23.8 Å². The Balaban J connectivity index is 2.07. The van der Waals surface area contributed by atoms with Gasteiger partial charge < -0.3 is 4.90 Å². The zero-order valence-corrected chi connectivity index (χ0v) is 11.9. The van der Waals surface area contributed by atoms with Crippen molar-refractivity contribution < 1.29 is 9.18 Å². The highest BCUT2D eigenvalue weighted by atomic mass is 35.5. The molecule has 5 nitrogen and oxygen atoms in total. The summed E-state index contributed by atoms with van der Waals surface area (Å²) in [5, 5.41) is 8.30. The fourth-order valence-electron chi connectivity index (χ4n) is 1.67. The normalized spacial score (nSPS) is 10.6. The first-order valence-corrected chi connectivity index (χ1v) is 6.38. The van der Waals surface area contributed by atoms with Crippen LogP contribution in [-0.4, -0.2) is 32.8 Å². The fraction of sp³-hybridized carbons (Fsp3) is 0.308. The van der Waals surface area contributed by atoms with E-state index in [1.54, 1.807) is 28.9 Å². The molecule has 2 rings (SSSR count). The maximum atomic E-state index is 13.0. The van der Waals surface area contributed by atoms with Crippen LogP contribution in [0.25, 0.3) is 0 Å². The Kier molecular flexibility index (Phi) is 4.34. The standard InChI is InChI=1S/C13H14ClFN4O/c1-9(20)18(2)7-12-8-19(17-16-12)6-10-3-4-11(15)5-13(10)14/h3-5,8H,6-7H2,1-2H3. The predicted octanol–water partition coefficient (Wildman–Crippen LogP) is 2.10. The minimum absolute atomic E-state index is 0.0406. The van der Waals surface area contributed by atoms with E-state index in [1.807, 2.05) is 0 Å². The summed E-state index contributed by atoms with van der Waals surface area (Å²) < 4.78 is 14.6. The molecule has 0 radical (unpaired) electrons. The number of aromatic nitrogens is 3. The summed E-state index contributed by atoms with van der Waals surface area (Å²) in [6, 6.07) is 4.22. The lowest BCUT2D eigenvalue weighted by Gasteiger charge is -2.11. The van der Waals surface area contributed by atoms with Gasteiger partial charge in [-0.3, -0.25) is 4.79 Å². The number of carbonyl (C=O) groups is 1. The van der Waals surface area contributed by atoms with Gasteiger partial charge in [-0.1, -0.05) is 22.9 Å². The van der Waals surface area contributed by atoms with Crippen LogP contribution in [0, 0.1) is 5.82 Å². The van der Waals surface area contributed by atoms with E-state index >= 15 is 0 Å². The summed E-state index contributed by atoms with van der Waals surface area (Å²) >= 11 is 5.96. The largest absolute Gasteiger partial charge is 0.340 e. The molecule has 1 amide bonds. The van der Waals surface area contributed by atoms with Crippen LogP contribution in [0.3, 0.4) is 0 Å². The molecule has 0 N–H and O–H groups in total. The van der Waals surface area contributed by atoms with Gasteiger partial charge in [0.25, 0.3) is 0 Å². The van der Waals surface area contributed by atoms with Crippen molar-refractivity contribution in [1.82, 2.24) is 19.9 Å². The van der Waals surface area contributed by atoms with E-state index in [2.05, 4.69) is 10.3 Å². The van der Waals surface area contributed by atoms with Crippen molar-refractivity contribution in [1.29, 1.82) is 0 Å². The zero-order chi connectivity index (χ0) is 14.7. The molecule has 0 aliphatic carbocycles. The zero-order valence-electron chi connectivity index (χ0n) is 11.2. The lowest BCUT2D eigenvalue weighted by Crippen LogP contribution is -2.23. The summed E-state index contributed by atoms with van der Waals surface area (Å²) in [6.45, 7) is 2.28. The molecule has 0 spiro atoms. The molecule has 0 aliphatic heterocycles. The first-order valence-electron chi connectivity index (χ1n) is 6.00. The maximum Gasteiger partial charge on any atom is 0.219 e. The highest BCUT2D eigenvalue weighted by molar-refractivity contribution is 6.31. The van der Waals surface area contributed by atoms with Crippen LogP contribution in [0.2, 0.25) is 5.02 Å². The molecule has 1 aromatic carbocycles. The van der Waals surface area contributed by atoms with Crippen LogP contribution in [0.5, 0.6) is 0 Å². The minimum Gasteiger partial charge on any atom is -0.340 e. The minimum atomic E-state index is -0.374. The molecule has 0 bridgehead atoms. The van der Waals surface area contributed by atoms with Crippen LogP contribution in [0.4, 0.5) is 4.39 Å². The molecule has 0 saturated carbocycles. The van der Waals surface area contributed by atoms with E-state index in [1.165, 1.54) is 19.1 Å². The topological polar surface area (TPSA) is 51.0 Å². The summed E-state index contributed by atoms with van der Waals surface area (Å²) in [5.74, 6) is -0.415. The van der Waals surface area contributed by atoms with Crippen LogP contribution < -0.4 is 0 Å². The Hall–Kier alpha value is -1.95. The first-order chi connectivity index (χ1) is 9.45. The van der Waals surface area contributed by atoms with Crippen molar-refractivity contribution in [3.8, 4) is 0 Å². The Morgan fingerprint density at radius 2 is 2.25 bits per heavy atom. The number of benzene rings is 1. The smallest absolute Gasteiger partial charge is 0.219 e. The van der Waals surface area contributed by atoms with Crippen LogP contribution in [0.1, 0.15) is 18.2 Å². The number of carbonyl (C=O) groups excluding carboxylic acids is 1. The molecular weight excluding hydrogens is 283 g/mol. The third-order valence-corrected chi connectivity index (χ3v) is 3.22. The molecule has 0 aliphatic rings. The van der Waals surface area contributed by atoms with Crippen molar-refractivity contribution in [2.24, 2.45) is 0 Å². The van der Waals surface area contributed by atoms with Gasteiger partial charge in [-0.05, 0) is 17.7 Å². The van der Waals surface area contributed by atoms with Crippen molar-refractivity contribution in [3.05, 3.63) is 46.5 Å². The van der Waals surface area contributed by atoms with Gasteiger partial charge in [-0.25, -0.2) is 9.07 Å². The monoisotopic (exact) mass is 296 g/mol. The Bertz CT molecular complexity index is 629. The van der Waals surface area contributed by atoms with Gasteiger partial charge in [0.05, 0.1) is 19.3 Å². The van der Waals surface area contributed by atoms with Crippen LogP contribution in [-0.2, 0) is 17.9 Å². The van der Waals surface area contributed by atoms with Gasteiger partial charge in [-0.2, -0.15) is 0 Å². The third kappa shape index (κ3) is 3.54. The molecule has 0 atom stereocenters. The summed E-state index contributed by atoms with van der Waals surface area (Å²) in [6.07, 6.45) is 1.74. The summed E-state index contributed by atoms with van der Waals surface area (Å²) in [7, 11) is 1.69. The van der Waals surface area contributed by atoms with Gasteiger partial charge in [0.1, 0.15) is 11.5 Å². The van der Waals surface area contributed by atoms with E-state index < -0.39 is 0 Å². The van der Waals surface area contributed by atoms with E-state index in [9.17, 15) is 9.18 Å². The second-order valence-electron chi connectivity index (χ2n) is 4.52. The van der Waals surface area contributed by atoms with Crippen LogP contribution >= 0.6 is 11.6 Å². The Labute approximate surface area is 120 Å². The molecule has 2 aromatic rings. The molecule has 7 heteroatoms. The van der Waals surface area contributed by atoms with Crippen LogP contribution in [0.15, 0.2) is 24.4 Å². The number of hydrogen-bond acceptors (Lipinski definition) is 3. The predicted molar refractivity (Wildman–Crippen MR) is 72.7 cm³/mol. The van der Waals surface area contributed by atoms with Gasteiger partial charge in [0.15, 0.2) is 0 Å². The van der Waals surface area contributed by atoms with Gasteiger partial charge >= 0.3 is 0 Å². The molecule has 1 heterocycles. The van der Waals surface area contributed by atoms with Crippen molar-refractivity contribution >= 4 is 17.5 Å². The molecule has 1 aromatic heterocycles. The van der Waals surface area contributed by atoms with Crippen molar-refractivity contribution in [2.45, 2.75) is 20.0 Å². The molecule has 0 saturated heterocycles. The maximum absolute atomic E-state index is 13.0. The second-order valence-corrected chi connectivity index (χ2v) is 4.93.